The number of carbonyl (C=O) groups is 2. The molecule has 0 radical (unpaired) electrons. The minimum absolute atomic E-state index is 0.0413. The number of hydrogen-bond acceptors (Lipinski definition) is 4. The van der Waals surface area contributed by atoms with Gasteiger partial charge in [-0.1, -0.05) is 25.5 Å². The molecule has 4 atom stereocenters. The van der Waals surface area contributed by atoms with Gasteiger partial charge in [0.15, 0.2) is 5.78 Å². The van der Waals surface area contributed by atoms with E-state index in [1.807, 2.05) is 0 Å². The molecule has 25 heavy (non-hydrogen) atoms. The third-order valence-corrected chi connectivity index (χ3v) is 7.17. The van der Waals surface area contributed by atoms with E-state index in [0.717, 1.165) is 50.5 Å². The second-order valence-corrected chi connectivity index (χ2v) is 8.49. The fraction of sp³-hybridized carbons (Fsp3) is 0.714. The van der Waals surface area contributed by atoms with Crippen molar-refractivity contribution in [2.75, 3.05) is 13.7 Å². The topological polar surface area (TPSA) is 52.6 Å². The molecule has 3 aliphatic rings. The number of allylic oxidation sites excluding steroid dienone is 1. The van der Waals surface area contributed by atoms with E-state index in [1.165, 1.54) is 12.7 Å². The molecular weight excluding hydrogens is 316 g/mol. The normalized spacial score (nSPS) is 38.0. The zero-order valence-corrected chi connectivity index (χ0v) is 15.7. The number of hydrogen-bond donors (Lipinski definition) is 0. The maximum atomic E-state index is 12.6. The van der Waals surface area contributed by atoms with Crippen LogP contribution >= 0.6 is 0 Å². The van der Waals surface area contributed by atoms with Gasteiger partial charge >= 0.3 is 5.97 Å². The van der Waals surface area contributed by atoms with E-state index >= 15 is 0 Å². The molecule has 1 aliphatic heterocycles. The van der Waals surface area contributed by atoms with Gasteiger partial charge in [-0.3, -0.25) is 9.59 Å². The smallest absolute Gasteiger partial charge is 0.311 e. The highest BCUT2D eigenvalue weighted by molar-refractivity contribution is 5.97. The van der Waals surface area contributed by atoms with Crippen molar-refractivity contribution in [3.05, 3.63) is 24.0 Å². The molecule has 0 spiro atoms. The summed E-state index contributed by atoms with van der Waals surface area (Å²) in [6.07, 6.45) is 8.27. The van der Waals surface area contributed by atoms with Gasteiger partial charge in [-0.15, -0.1) is 0 Å². The third-order valence-electron chi connectivity index (χ3n) is 7.17. The number of ketones is 1. The summed E-state index contributed by atoms with van der Waals surface area (Å²) in [5.74, 6) is 0.675. The molecule has 0 bridgehead atoms. The van der Waals surface area contributed by atoms with Gasteiger partial charge < -0.3 is 9.47 Å². The molecule has 2 aliphatic carbocycles. The van der Waals surface area contributed by atoms with Crippen LogP contribution in [0.15, 0.2) is 24.0 Å². The highest BCUT2D eigenvalue weighted by Crippen LogP contribution is 2.62. The van der Waals surface area contributed by atoms with Gasteiger partial charge in [0.2, 0.25) is 0 Å². The molecule has 0 aromatic heterocycles. The molecule has 2 unspecified atom stereocenters. The second kappa shape index (κ2) is 6.62. The minimum Gasteiger partial charge on any atom is -0.493 e. The number of ether oxygens (including phenoxy) is 2. The summed E-state index contributed by atoms with van der Waals surface area (Å²) in [5.41, 5.74) is 1.70. The Hall–Kier alpha value is -1.58. The number of esters is 1. The van der Waals surface area contributed by atoms with Crippen LogP contribution in [0.25, 0.3) is 0 Å². The summed E-state index contributed by atoms with van der Waals surface area (Å²) in [5, 5.41) is 0. The molecule has 2 fully saturated rings. The maximum Gasteiger partial charge on any atom is 0.311 e. The van der Waals surface area contributed by atoms with E-state index in [2.05, 4.69) is 20.4 Å². The van der Waals surface area contributed by atoms with Crippen molar-refractivity contribution in [3.8, 4) is 0 Å². The Kier molecular flexibility index (Phi) is 4.82. The standard InChI is InChI=1S/C21H30O4/c1-14-6-9-18-20(2,10-5-11-21(18,3)19(23)24-4)16(14)8-7-15-12-25-13-17(15)22/h12,16,18H,1,5-11,13H2,2-4H3/t16?,18?,20-,21+/m1/s1. The fourth-order valence-electron chi connectivity index (χ4n) is 5.83. The van der Waals surface area contributed by atoms with Crippen molar-refractivity contribution in [2.24, 2.45) is 22.7 Å². The van der Waals surface area contributed by atoms with Crippen molar-refractivity contribution in [2.45, 2.75) is 58.8 Å². The Labute approximate surface area is 150 Å². The molecule has 138 valence electrons. The molecular formula is C21H30O4. The van der Waals surface area contributed by atoms with Crippen molar-refractivity contribution in [1.29, 1.82) is 0 Å². The average molecular weight is 346 g/mol. The molecule has 2 saturated carbocycles. The molecule has 3 rings (SSSR count). The monoisotopic (exact) mass is 346 g/mol. The molecule has 0 saturated heterocycles. The zero-order chi connectivity index (χ0) is 18.2. The van der Waals surface area contributed by atoms with Gasteiger partial charge in [0.05, 0.1) is 18.8 Å². The quantitative estimate of drug-likeness (QED) is 0.565. The van der Waals surface area contributed by atoms with Crippen LogP contribution in [0.1, 0.15) is 58.8 Å². The summed E-state index contributed by atoms with van der Waals surface area (Å²) in [6.45, 7) is 8.95. The molecule has 0 amide bonds. The Balaban J connectivity index is 1.84. The van der Waals surface area contributed by atoms with E-state index in [-0.39, 0.29) is 23.8 Å². The van der Waals surface area contributed by atoms with Crippen LogP contribution in [-0.4, -0.2) is 25.5 Å². The number of carbonyl (C=O) groups excluding carboxylic acids is 2. The van der Waals surface area contributed by atoms with E-state index in [0.29, 0.717) is 11.8 Å². The Morgan fingerprint density at radius 2 is 2.16 bits per heavy atom. The zero-order valence-electron chi connectivity index (χ0n) is 15.7. The fourth-order valence-corrected chi connectivity index (χ4v) is 5.83. The van der Waals surface area contributed by atoms with Crippen LogP contribution < -0.4 is 0 Å². The lowest BCUT2D eigenvalue weighted by molar-refractivity contribution is -0.167. The second-order valence-electron chi connectivity index (χ2n) is 8.49. The first-order valence-corrected chi connectivity index (χ1v) is 9.43. The Morgan fingerprint density at radius 3 is 2.80 bits per heavy atom. The summed E-state index contributed by atoms with van der Waals surface area (Å²) in [4.78, 5) is 24.4. The van der Waals surface area contributed by atoms with Gasteiger partial charge in [0, 0.05) is 5.57 Å². The van der Waals surface area contributed by atoms with Crippen LogP contribution in [0.5, 0.6) is 0 Å². The third kappa shape index (κ3) is 2.94. The van der Waals surface area contributed by atoms with Crippen molar-refractivity contribution in [1.82, 2.24) is 0 Å². The minimum atomic E-state index is -0.410. The summed E-state index contributed by atoms with van der Waals surface area (Å²) in [6, 6.07) is 0. The first-order valence-electron chi connectivity index (χ1n) is 9.43. The van der Waals surface area contributed by atoms with Gasteiger partial charge in [-0.2, -0.15) is 0 Å². The maximum absolute atomic E-state index is 12.6. The molecule has 0 N–H and O–H groups in total. The van der Waals surface area contributed by atoms with Gasteiger partial charge in [-0.05, 0) is 62.7 Å². The van der Waals surface area contributed by atoms with Gasteiger partial charge in [0.1, 0.15) is 6.61 Å². The average Bonchev–Trinajstić information content (AvgIpc) is 2.98. The number of rotatable bonds is 4. The van der Waals surface area contributed by atoms with Crippen molar-refractivity contribution in [3.63, 3.8) is 0 Å². The largest absolute Gasteiger partial charge is 0.493 e. The molecule has 4 heteroatoms. The highest BCUT2D eigenvalue weighted by Gasteiger charge is 2.57. The van der Waals surface area contributed by atoms with E-state index in [4.69, 9.17) is 9.47 Å². The molecule has 4 nitrogen and oxygen atoms in total. The first kappa shape index (κ1) is 18.2. The van der Waals surface area contributed by atoms with Crippen LogP contribution in [0.4, 0.5) is 0 Å². The molecule has 0 aromatic rings. The highest BCUT2D eigenvalue weighted by atomic mass is 16.5. The Bertz CT molecular complexity index is 619. The van der Waals surface area contributed by atoms with Crippen molar-refractivity contribution < 1.29 is 19.1 Å². The van der Waals surface area contributed by atoms with Crippen LogP contribution in [0, 0.1) is 22.7 Å². The SMILES string of the molecule is C=C1CCC2[C@](C)(CCC[C@]2(C)C(=O)OC)C1CCC1=COCC1=O. The van der Waals surface area contributed by atoms with E-state index in [1.54, 1.807) is 6.26 Å². The van der Waals surface area contributed by atoms with Crippen LogP contribution in [-0.2, 0) is 19.1 Å². The van der Waals surface area contributed by atoms with Crippen LogP contribution in [0.2, 0.25) is 0 Å². The molecule has 1 heterocycles. The predicted molar refractivity (Wildman–Crippen MR) is 95.7 cm³/mol. The summed E-state index contributed by atoms with van der Waals surface area (Å²) in [7, 11) is 1.50. The first-order chi connectivity index (χ1) is 11.8. The van der Waals surface area contributed by atoms with Gasteiger partial charge in [-0.25, -0.2) is 0 Å². The van der Waals surface area contributed by atoms with Gasteiger partial charge in [0.25, 0.3) is 0 Å². The lowest BCUT2D eigenvalue weighted by atomic mass is 9.46. The lowest BCUT2D eigenvalue weighted by Gasteiger charge is -2.57. The van der Waals surface area contributed by atoms with Crippen molar-refractivity contribution >= 4 is 11.8 Å². The predicted octanol–water partition coefficient (Wildman–Crippen LogP) is 4.20. The lowest BCUT2D eigenvalue weighted by Crippen LogP contribution is -2.53. The van der Waals surface area contributed by atoms with E-state index < -0.39 is 5.41 Å². The number of fused-ring (bicyclic) bond motifs is 1. The number of methoxy groups -OCH3 is 1. The summed E-state index contributed by atoms with van der Waals surface area (Å²) < 4.78 is 10.3. The summed E-state index contributed by atoms with van der Waals surface area (Å²) >= 11 is 0. The number of Topliss-reactive ketones (excluding diaryl/α,β-unsaturated/α-hetero) is 1. The van der Waals surface area contributed by atoms with E-state index in [9.17, 15) is 9.59 Å². The Morgan fingerprint density at radius 1 is 1.40 bits per heavy atom. The van der Waals surface area contributed by atoms with Crippen LogP contribution in [0.3, 0.4) is 0 Å². The molecule has 0 aromatic carbocycles.